The average molecular weight is 405 g/mol. The summed E-state index contributed by atoms with van der Waals surface area (Å²) < 4.78 is 16.3. The second-order valence-corrected chi connectivity index (χ2v) is 8.10. The zero-order valence-electron chi connectivity index (χ0n) is 17.0. The van der Waals surface area contributed by atoms with Crippen LogP contribution < -0.4 is 4.74 Å². The number of fused-ring (bicyclic) bond motifs is 1. The summed E-state index contributed by atoms with van der Waals surface area (Å²) in [6.45, 7) is 2.50. The molecule has 0 bridgehead atoms. The molecule has 6 nitrogen and oxygen atoms in total. The number of allylic oxidation sites excluding steroid dienone is 2. The smallest absolute Gasteiger partial charge is 0.315 e. The Hall–Kier alpha value is -3.15. The molecular weight excluding hydrogens is 382 g/mol. The predicted molar refractivity (Wildman–Crippen MR) is 110 cm³/mol. The summed E-state index contributed by atoms with van der Waals surface area (Å²) in [6.07, 6.45) is 3.41. The van der Waals surface area contributed by atoms with Crippen molar-refractivity contribution in [2.75, 3.05) is 13.7 Å². The van der Waals surface area contributed by atoms with Gasteiger partial charge in [0.25, 0.3) is 0 Å². The van der Waals surface area contributed by atoms with Gasteiger partial charge in [0.05, 0.1) is 20.0 Å². The maximum Gasteiger partial charge on any atom is 0.315 e. The zero-order chi connectivity index (χ0) is 20.8. The predicted octanol–water partition coefficient (Wildman–Crippen LogP) is 3.96. The minimum absolute atomic E-state index is 0.0181. The number of esters is 1. The third-order valence-electron chi connectivity index (χ3n) is 6.36. The molecule has 154 valence electrons. The standard InChI is InChI=1S/C24H23NO5/c1-13-21(24(27)28-2)22(15-5-6-20-14(10-15)7-9-30-20)23-17(25-13)11-16(12-18(23)26)19-4-3-8-29-19/h3-6,8,10,16,21-22H,7,9,11-12H2,1-2H3/t16-,21?,22-/m0/s1. The Morgan fingerprint density at radius 2 is 2.10 bits per heavy atom. The van der Waals surface area contributed by atoms with Crippen LogP contribution in [0.5, 0.6) is 5.75 Å². The summed E-state index contributed by atoms with van der Waals surface area (Å²) >= 11 is 0. The number of methoxy groups -OCH3 is 1. The Morgan fingerprint density at radius 1 is 1.23 bits per heavy atom. The fraction of sp³-hybridized carbons (Fsp3) is 0.375. The quantitative estimate of drug-likeness (QED) is 0.722. The zero-order valence-corrected chi connectivity index (χ0v) is 17.0. The van der Waals surface area contributed by atoms with Crippen LogP contribution in [0.1, 0.15) is 48.5 Å². The monoisotopic (exact) mass is 405 g/mol. The van der Waals surface area contributed by atoms with Gasteiger partial charge in [-0.1, -0.05) is 12.1 Å². The normalized spacial score (nSPS) is 25.3. The number of benzene rings is 1. The van der Waals surface area contributed by atoms with E-state index in [1.807, 2.05) is 31.2 Å². The molecule has 1 aromatic carbocycles. The molecule has 30 heavy (non-hydrogen) atoms. The fourth-order valence-corrected chi connectivity index (χ4v) is 4.98. The molecule has 0 fully saturated rings. The number of Topliss-reactive ketones (excluding diaryl/α,β-unsaturated/α-hetero) is 1. The van der Waals surface area contributed by atoms with E-state index in [2.05, 4.69) is 6.07 Å². The van der Waals surface area contributed by atoms with Crippen molar-refractivity contribution in [3.8, 4) is 5.75 Å². The van der Waals surface area contributed by atoms with Crippen LogP contribution in [0.15, 0.2) is 57.3 Å². The van der Waals surface area contributed by atoms with Gasteiger partial charge in [-0.3, -0.25) is 14.6 Å². The Morgan fingerprint density at radius 3 is 2.87 bits per heavy atom. The van der Waals surface area contributed by atoms with Gasteiger partial charge < -0.3 is 13.9 Å². The van der Waals surface area contributed by atoms with E-state index < -0.39 is 11.8 Å². The summed E-state index contributed by atoms with van der Waals surface area (Å²) in [5, 5.41) is 0. The first-order valence-corrected chi connectivity index (χ1v) is 10.2. The van der Waals surface area contributed by atoms with E-state index >= 15 is 0 Å². The molecule has 2 aromatic rings. The maximum absolute atomic E-state index is 13.4. The molecule has 3 heterocycles. The number of aliphatic imine (C=N–C) groups is 1. The van der Waals surface area contributed by atoms with Gasteiger partial charge in [0, 0.05) is 48.1 Å². The van der Waals surface area contributed by atoms with Crippen LogP contribution in [-0.4, -0.2) is 31.2 Å². The first kappa shape index (κ1) is 18.9. The highest BCUT2D eigenvalue weighted by atomic mass is 16.5. The van der Waals surface area contributed by atoms with Gasteiger partial charge >= 0.3 is 5.97 Å². The average Bonchev–Trinajstić information content (AvgIpc) is 3.43. The molecule has 0 N–H and O–H groups in total. The minimum atomic E-state index is -0.613. The van der Waals surface area contributed by atoms with Gasteiger partial charge in [-0.25, -0.2) is 0 Å². The minimum Gasteiger partial charge on any atom is -0.493 e. The number of furan rings is 1. The molecule has 0 saturated heterocycles. The lowest BCUT2D eigenvalue weighted by molar-refractivity contribution is -0.143. The van der Waals surface area contributed by atoms with Crippen molar-refractivity contribution in [2.24, 2.45) is 10.9 Å². The second-order valence-electron chi connectivity index (χ2n) is 8.10. The first-order chi connectivity index (χ1) is 14.6. The molecule has 0 radical (unpaired) electrons. The molecule has 1 aromatic heterocycles. The van der Waals surface area contributed by atoms with E-state index in [0.29, 0.717) is 30.7 Å². The largest absolute Gasteiger partial charge is 0.493 e. The third kappa shape index (κ3) is 2.98. The fourth-order valence-electron chi connectivity index (χ4n) is 4.98. The number of ether oxygens (including phenoxy) is 2. The highest BCUT2D eigenvalue weighted by molar-refractivity contribution is 6.09. The molecule has 1 aliphatic carbocycles. The maximum atomic E-state index is 13.4. The topological polar surface area (TPSA) is 78.1 Å². The van der Waals surface area contributed by atoms with Gasteiger partial charge in [0.15, 0.2) is 5.78 Å². The number of nitrogens with zero attached hydrogens (tertiary/aromatic N) is 1. The number of rotatable bonds is 3. The lowest BCUT2D eigenvalue weighted by Gasteiger charge is -2.36. The van der Waals surface area contributed by atoms with Gasteiger partial charge in [0.2, 0.25) is 0 Å². The van der Waals surface area contributed by atoms with Crippen molar-refractivity contribution >= 4 is 17.5 Å². The van der Waals surface area contributed by atoms with Crippen LogP contribution in [0.4, 0.5) is 0 Å². The molecule has 5 rings (SSSR count). The number of carbonyl (C=O) groups excluding carboxylic acids is 2. The van der Waals surface area contributed by atoms with Crippen LogP contribution in [0.25, 0.3) is 0 Å². The van der Waals surface area contributed by atoms with E-state index in [1.54, 1.807) is 6.26 Å². The van der Waals surface area contributed by atoms with Gasteiger partial charge in [-0.2, -0.15) is 0 Å². The highest BCUT2D eigenvalue weighted by Crippen LogP contribution is 2.47. The van der Waals surface area contributed by atoms with Crippen molar-refractivity contribution in [1.29, 1.82) is 0 Å². The lowest BCUT2D eigenvalue weighted by Crippen LogP contribution is -2.37. The summed E-state index contributed by atoms with van der Waals surface area (Å²) in [6, 6.07) is 9.70. The summed E-state index contributed by atoms with van der Waals surface area (Å²) in [4.78, 5) is 30.8. The SMILES string of the molecule is COC(=O)C1C(C)=NC2=C(C(=O)C[C@@H](c3ccco3)C2)[C@H]1c1ccc2c(c1)CCO2. The molecule has 3 atom stereocenters. The summed E-state index contributed by atoms with van der Waals surface area (Å²) in [7, 11) is 1.38. The van der Waals surface area contributed by atoms with Gasteiger partial charge in [-0.05, 0) is 36.2 Å². The molecular formula is C24H23NO5. The number of hydrogen-bond acceptors (Lipinski definition) is 6. The Kier molecular flexibility index (Phi) is 4.57. The molecule has 1 unspecified atom stereocenters. The van der Waals surface area contributed by atoms with Gasteiger partial charge in [0.1, 0.15) is 17.4 Å². The van der Waals surface area contributed by atoms with Crippen molar-refractivity contribution < 1.29 is 23.5 Å². The highest BCUT2D eigenvalue weighted by Gasteiger charge is 2.45. The van der Waals surface area contributed by atoms with Crippen molar-refractivity contribution in [1.82, 2.24) is 0 Å². The summed E-state index contributed by atoms with van der Waals surface area (Å²) in [5.41, 5.74) is 4.11. The summed E-state index contributed by atoms with van der Waals surface area (Å²) in [5.74, 6) is 0.265. The Balaban J connectivity index is 1.62. The van der Waals surface area contributed by atoms with Crippen LogP contribution in [0.2, 0.25) is 0 Å². The van der Waals surface area contributed by atoms with E-state index in [0.717, 1.165) is 34.8 Å². The molecule has 0 spiro atoms. The third-order valence-corrected chi connectivity index (χ3v) is 6.36. The first-order valence-electron chi connectivity index (χ1n) is 10.2. The van der Waals surface area contributed by atoms with Crippen molar-refractivity contribution in [3.63, 3.8) is 0 Å². The Bertz CT molecular complexity index is 1080. The van der Waals surface area contributed by atoms with Crippen molar-refractivity contribution in [3.05, 3.63) is 64.8 Å². The number of carbonyl (C=O) groups is 2. The van der Waals surface area contributed by atoms with Crippen molar-refractivity contribution in [2.45, 2.75) is 38.0 Å². The van der Waals surface area contributed by atoms with E-state index in [1.165, 1.54) is 7.11 Å². The van der Waals surface area contributed by atoms with Crippen LogP contribution in [0.3, 0.4) is 0 Å². The van der Waals surface area contributed by atoms with Gasteiger partial charge in [-0.15, -0.1) is 0 Å². The molecule has 0 saturated carbocycles. The number of ketones is 1. The molecule has 3 aliphatic rings. The molecule has 2 aliphatic heterocycles. The lowest BCUT2D eigenvalue weighted by atomic mass is 9.69. The van der Waals surface area contributed by atoms with E-state index in [9.17, 15) is 9.59 Å². The Labute approximate surface area is 174 Å². The molecule has 0 amide bonds. The second kappa shape index (κ2) is 7.27. The van der Waals surface area contributed by atoms with E-state index in [4.69, 9.17) is 18.9 Å². The molecule has 6 heteroatoms. The van der Waals surface area contributed by atoms with Crippen LogP contribution in [-0.2, 0) is 20.7 Å². The van der Waals surface area contributed by atoms with Crippen LogP contribution in [0, 0.1) is 5.92 Å². The van der Waals surface area contributed by atoms with Crippen LogP contribution >= 0.6 is 0 Å². The number of hydrogen-bond donors (Lipinski definition) is 0. The van der Waals surface area contributed by atoms with E-state index in [-0.39, 0.29) is 17.7 Å².